The Hall–Kier alpha value is -1.94. The monoisotopic (exact) mass is 289 g/mol. The molecular formula is C16H16FNOS. The van der Waals surface area contributed by atoms with Crippen LogP contribution in [0, 0.1) is 5.82 Å². The number of amides is 1. The van der Waals surface area contributed by atoms with Crippen molar-refractivity contribution in [2.45, 2.75) is 13.3 Å². The van der Waals surface area contributed by atoms with E-state index in [2.05, 4.69) is 5.32 Å². The number of nitrogens with one attached hydrogen (secondary N) is 1. The molecule has 1 amide bonds. The first-order valence-corrected chi connectivity index (χ1v) is 7.33. The van der Waals surface area contributed by atoms with Crippen molar-refractivity contribution < 1.29 is 9.18 Å². The Morgan fingerprint density at radius 2 is 2.10 bits per heavy atom. The van der Waals surface area contributed by atoms with Crippen LogP contribution in [-0.2, 0) is 4.79 Å². The largest absolute Gasteiger partial charge is 0.353 e. The SMILES string of the molecule is CCCNC(=O)/C=C/c1ccc(-c2ccccc2F)s1. The van der Waals surface area contributed by atoms with Gasteiger partial charge in [0, 0.05) is 27.9 Å². The summed E-state index contributed by atoms with van der Waals surface area (Å²) in [5.74, 6) is -0.335. The zero-order valence-corrected chi connectivity index (χ0v) is 12.0. The lowest BCUT2D eigenvalue weighted by molar-refractivity contribution is -0.116. The van der Waals surface area contributed by atoms with Crippen molar-refractivity contribution in [1.29, 1.82) is 0 Å². The molecular weight excluding hydrogens is 273 g/mol. The zero-order valence-electron chi connectivity index (χ0n) is 11.2. The second-order valence-electron chi connectivity index (χ2n) is 4.31. The van der Waals surface area contributed by atoms with Crippen LogP contribution < -0.4 is 5.32 Å². The molecule has 2 aromatic rings. The maximum Gasteiger partial charge on any atom is 0.244 e. The average Bonchev–Trinajstić information content (AvgIpc) is 2.92. The number of carbonyl (C=O) groups is 1. The first-order chi connectivity index (χ1) is 9.70. The summed E-state index contributed by atoms with van der Waals surface area (Å²) in [5.41, 5.74) is 0.590. The van der Waals surface area contributed by atoms with Crippen molar-refractivity contribution in [3.8, 4) is 10.4 Å². The third-order valence-electron chi connectivity index (χ3n) is 2.71. The smallest absolute Gasteiger partial charge is 0.244 e. The highest BCUT2D eigenvalue weighted by molar-refractivity contribution is 7.16. The number of halogens is 1. The van der Waals surface area contributed by atoms with Crippen molar-refractivity contribution >= 4 is 23.3 Å². The Morgan fingerprint density at radius 3 is 2.85 bits per heavy atom. The van der Waals surface area contributed by atoms with Gasteiger partial charge in [-0.3, -0.25) is 4.79 Å². The molecule has 1 aromatic carbocycles. The molecule has 0 bridgehead atoms. The van der Waals surface area contributed by atoms with E-state index in [4.69, 9.17) is 0 Å². The van der Waals surface area contributed by atoms with E-state index in [-0.39, 0.29) is 11.7 Å². The van der Waals surface area contributed by atoms with Crippen LogP contribution in [0.1, 0.15) is 18.2 Å². The molecule has 0 atom stereocenters. The van der Waals surface area contributed by atoms with Gasteiger partial charge in [0.1, 0.15) is 5.82 Å². The average molecular weight is 289 g/mol. The van der Waals surface area contributed by atoms with E-state index >= 15 is 0 Å². The minimum absolute atomic E-state index is 0.104. The quantitative estimate of drug-likeness (QED) is 0.825. The second-order valence-corrected chi connectivity index (χ2v) is 5.42. The van der Waals surface area contributed by atoms with Gasteiger partial charge in [-0.05, 0) is 30.7 Å². The fourth-order valence-corrected chi connectivity index (χ4v) is 2.65. The van der Waals surface area contributed by atoms with Crippen LogP contribution in [0.4, 0.5) is 4.39 Å². The van der Waals surface area contributed by atoms with Crippen LogP contribution in [-0.4, -0.2) is 12.5 Å². The van der Waals surface area contributed by atoms with Gasteiger partial charge in [0.15, 0.2) is 0 Å². The molecule has 0 unspecified atom stereocenters. The lowest BCUT2D eigenvalue weighted by Crippen LogP contribution is -2.21. The van der Waals surface area contributed by atoms with Crippen LogP contribution in [0.25, 0.3) is 16.5 Å². The molecule has 2 nitrogen and oxygen atoms in total. The molecule has 0 saturated heterocycles. The summed E-state index contributed by atoms with van der Waals surface area (Å²) < 4.78 is 13.7. The lowest BCUT2D eigenvalue weighted by Gasteiger charge is -1.98. The first-order valence-electron chi connectivity index (χ1n) is 6.51. The predicted octanol–water partition coefficient (Wildman–Crippen LogP) is 4.09. The highest BCUT2D eigenvalue weighted by Crippen LogP contribution is 2.30. The molecule has 20 heavy (non-hydrogen) atoms. The molecule has 1 heterocycles. The van der Waals surface area contributed by atoms with Crippen molar-refractivity contribution in [3.05, 3.63) is 53.2 Å². The normalized spacial score (nSPS) is 10.9. The van der Waals surface area contributed by atoms with Gasteiger partial charge in [0.2, 0.25) is 5.91 Å². The summed E-state index contributed by atoms with van der Waals surface area (Å²) in [5, 5.41) is 2.77. The van der Waals surface area contributed by atoms with E-state index in [1.807, 2.05) is 25.1 Å². The fraction of sp³-hybridized carbons (Fsp3) is 0.188. The highest BCUT2D eigenvalue weighted by Gasteiger charge is 2.06. The topological polar surface area (TPSA) is 29.1 Å². The van der Waals surface area contributed by atoms with Crippen molar-refractivity contribution in [3.63, 3.8) is 0 Å². The van der Waals surface area contributed by atoms with E-state index in [0.29, 0.717) is 12.1 Å². The molecule has 0 aliphatic rings. The summed E-state index contributed by atoms with van der Waals surface area (Å²) in [6, 6.07) is 10.4. The molecule has 0 spiro atoms. The maximum absolute atomic E-state index is 13.7. The van der Waals surface area contributed by atoms with Gasteiger partial charge in [0.25, 0.3) is 0 Å². The number of thiophene rings is 1. The van der Waals surface area contributed by atoms with Crippen LogP contribution in [0.5, 0.6) is 0 Å². The van der Waals surface area contributed by atoms with Crippen LogP contribution >= 0.6 is 11.3 Å². The molecule has 1 N–H and O–H groups in total. The summed E-state index contributed by atoms with van der Waals surface area (Å²) >= 11 is 1.46. The summed E-state index contributed by atoms with van der Waals surface area (Å²) in [6.07, 6.45) is 4.17. The van der Waals surface area contributed by atoms with Gasteiger partial charge in [-0.1, -0.05) is 25.1 Å². The van der Waals surface area contributed by atoms with Crippen molar-refractivity contribution in [1.82, 2.24) is 5.32 Å². The minimum atomic E-state index is -0.231. The standard InChI is InChI=1S/C16H16FNOS/c1-2-11-18-16(19)10-8-12-7-9-15(20-12)13-5-3-4-6-14(13)17/h3-10H,2,11H2,1H3,(H,18,19)/b10-8+. The van der Waals surface area contributed by atoms with E-state index in [1.54, 1.807) is 18.2 Å². The number of carbonyl (C=O) groups excluding carboxylic acids is 1. The summed E-state index contributed by atoms with van der Waals surface area (Å²) in [7, 11) is 0. The van der Waals surface area contributed by atoms with E-state index < -0.39 is 0 Å². The molecule has 2 rings (SSSR count). The molecule has 1 aromatic heterocycles. The van der Waals surface area contributed by atoms with Gasteiger partial charge >= 0.3 is 0 Å². The Balaban J connectivity index is 2.08. The molecule has 0 radical (unpaired) electrons. The number of rotatable bonds is 5. The first kappa shape index (κ1) is 14.5. The van der Waals surface area contributed by atoms with E-state index in [9.17, 15) is 9.18 Å². The molecule has 0 aliphatic carbocycles. The lowest BCUT2D eigenvalue weighted by atomic mass is 10.2. The Morgan fingerprint density at radius 1 is 1.30 bits per heavy atom. The van der Waals surface area contributed by atoms with Gasteiger partial charge in [-0.2, -0.15) is 0 Å². The Labute approximate surface area is 122 Å². The molecule has 0 fully saturated rings. The zero-order chi connectivity index (χ0) is 14.4. The summed E-state index contributed by atoms with van der Waals surface area (Å²) in [6.45, 7) is 2.68. The van der Waals surface area contributed by atoms with Crippen LogP contribution in [0.3, 0.4) is 0 Å². The van der Waals surface area contributed by atoms with Crippen molar-refractivity contribution in [2.24, 2.45) is 0 Å². The van der Waals surface area contributed by atoms with Gasteiger partial charge in [-0.25, -0.2) is 4.39 Å². The van der Waals surface area contributed by atoms with Gasteiger partial charge in [-0.15, -0.1) is 11.3 Å². The molecule has 4 heteroatoms. The maximum atomic E-state index is 13.7. The molecule has 0 saturated carbocycles. The molecule has 0 aliphatic heterocycles. The van der Waals surface area contributed by atoms with Gasteiger partial charge in [0.05, 0.1) is 0 Å². The van der Waals surface area contributed by atoms with E-state index in [1.165, 1.54) is 23.5 Å². The molecule has 104 valence electrons. The number of hydrogen-bond acceptors (Lipinski definition) is 2. The summed E-state index contributed by atoms with van der Waals surface area (Å²) in [4.78, 5) is 13.2. The van der Waals surface area contributed by atoms with E-state index in [0.717, 1.165) is 16.2 Å². The fourth-order valence-electron chi connectivity index (χ4n) is 1.71. The minimum Gasteiger partial charge on any atom is -0.353 e. The van der Waals surface area contributed by atoms with Crippen LogP contribution in [0.15, 0.2) is 42.5 Å². The number of benzene rings is 1. The number of hydrogen-bond donors (Lipinski definition) is 1. The predicted molar refractivity (Wildman–Crippen MR) is 82.0 cm³/mol. The highest BCUT2D eigenvalue weighted by atomic mass is 32.1. The van der Waals surface area contributed by atoms with Crippen molar-refractivity contribution in [2.75, 3.05) is 6.54 Å². The van der Waals surface area contributed by atoms with Crippen LogP contribution in [0.2, 0.25) is 0 Å². The Kier molecular flexibility index (Phi) is 5.07. The third kappa shape index (κ3) is 3.78. The van der Waals surface area contributed by atoms with Gasteiger partial charge < -0.3 is 5.32 Å². The second kappa shape index (κ2) is 7.01. The third-order valence-corrected chi connectivity index (χ3v) is 3.80. The Bertz CT molecular complexity index is 618.